The van der Waals surface area contributed by atoms with Crippen molar-refractivity contribution >= 4 is 62.3 Å². The number of benzene rings is 1. The van der Waals surface area contributed by atoms with Crippen LogP contribution in [0, 0.1) is 0 Å². The minimum absolute atomic E-state index is 0.00290. The molecular weight excluding hydrogens is 458 g/mol. The maximum Gasteiger partial charge on any atom is 0.272 e. The van der Waals surface area contributed by atoms with Crippen LogP contribution in [0.3, 0.4) is 0 Å². The molecule has 0 bridgehead atoms. The Morgan fingerprint density at radius 1 is 1.29 bits per heavy atom. The predicted octanol–water partition coefficient (Wildman–Crippen LogP) is 3.67. The highest BCUT2D eigenvalue weighted by atomic mass is 35.5. The lowest BCUT2D eigenvalue weighted by Gasteiger charge is -2.13. The topological polar surface area (TPSA) is 90.5 Å². The van der Waals surface area contributed by atoms with Crippen LogP contribution < -0.4 is 10.9 Å². The molecule has 1 saturated heterocycles. The quantitative estimate of drug-likeness (QED) is 0.428. The van der Waals surface area contributed by atoms with Gasteiger partial charge in [0.05, 0.1) is 23.9 Å². The zero-order chi connectivity index (χ0) is 21.4. The van der Waals surface area contributed by atoms with Crippen LogP contribution in [-0.4, -0.2) is 43.5 Å². The lowest BCUT2D eigenvalue weighted by atomic mass is 10.2. The van der Waals surface area contributed by atoms with Gasteiger partial charge in [0.15, 0.2) is 5.16 Å². The number of halogens is 1. The van der Waals surface area contributed by atoms with Gasteiger partial charge in [-0.25, -0.2) is 0 Å². The zero-order valence-electron chi connectivity index (χ0n) is 16.3. The Kier molecular flexibility index (Phi) is 5.70. The molecule has 3 aromatic heterocycles. The van der Waals surface area contributed by atoms with Crippen molar-refractivity contribution in [3.05, 3.63) is 51.1 Å². The van der Waals surface area contributed by atoms with Gasteiger partial charge in [-0.15, -0.1) is 21.5 Å². The van der Waals surface area contributed by atoms with E-state index in [2.05, 4.69) is 15.5 Å². The number of anilines is 1. The van der Waals surface area contributed by atoms with E-state index in [0.29, 0.717) is 39.5 Å². The minimum atomic E-state index is -0.168. The second kappa shape index (κ2) is 8.62. The second-order valence-electron chi connectivity index (χ2n) is 7.15. The van der Waals surface area contributed by atoms with Crippen molar-refractivity contribution in [1.29, 1.82) is 0 Å². The van der Waals surface area contributed by atoms with Gasteiger partial charge in [0.2, 0.25) is 11.7 Å². The largest absolute Gasteiger partial charge is 0.376 e. The van der Waals surface area contributed by atoms with Crippen molar-refractivity contribution in [1.82, 2.24) is 19.2 Å². The van der Waals surface area contributed by atoms with E-state index in [-0.39, 0.29) is 23.3 Å². The number of thiophene rings is 1. The number of fused-ring (bicyclic) bond motifs is 3. The van der Waals surface area contributed by atoms with E-state index < -0.39 is 0 Å². The first kappa shape index (κ1) is 20.5. The summed E-state index contributed by atoms with van der Waals surface area (Å²) in [7, 11) is 0. The Hall–Kier alpha value is -2.40. The molecule has 1 unspecified atom stereocenters. The summed E-state index contributed by atoms with van der Waals surface area (Å²) in [5.74, 6) is 0.449. The summed E-state index contributed by atoms with van der Waals surface area (Å²) in [6.45, 7) is 1.16. The third-order valence-electron chi connectivity index (χ3n) is 5.05. The molecule has 8 nitrogen and oxygen atoms in total. The summed E-state index contributed by atoms with van der Waals surface area (Å²) in [6, 6.07) is 8.81. The van der Waals surface area contributed by atoms with Crippen molar-refractivity contribution in [2.75, 3.05) is 17.7 Å². The lowest BCUT2D eigenvalue weighted by Crippen LogP contribution is -2.28. The van der Waals surface area contributed by atoms with E-state index in [4.69, 9.17) is 16.3 Å². The fourth-order valence-corrected chi connectivity index (χ4v) is 5.30. The molecule has 1 N–H and O–H groups in total. The van der Waals surface area contributed by atoms with Crippen molar-refractivity contribution < 1.29 is 9.53 Å². The number of ether oxygens (including phenoxy) is 1. The van der Waals surface area contributed by atoms with Gasteiger partial charge in [0.1, 0.15) is 4.70 Å². The van der Waals surface area contributed by atoms with Gasteiger partial charge in [-0.05, 0) is 48.6 Å². The summed E-state index contributed by atoms with van der Waals surface area (Å²) >= 11 is 8.54. The van der Waals surface area contributed by atoms with Crippen LogP contribution in [0.1, 0.15) is 12.8 Å². The van der Waals surface area contributed by atoms with Crippen molar-refractivity contribution in [2.45, 2.75) is 30.6 Å². The van der Waals surface area contributed by atoms with E-state index >= 15 is 0 Å². The van der Waals surface area contributed by atoms with Gasteiger partial charge in [0.25, 0.3) is 5.56 Å². The SMILES string of the molecule is O=C(CSc1nnc2n(CC3CCCO3)c(=O)c3sccc3n12)Nc1ccc(Cl)cc1. The average Bonchev–Trinajstić information content (AvgIpc) is 3.51. The molecule has 0 spiro atoms. The summed E-state index contributed by atoms with van der Waals surface area (Å²) in [5, 5.41) is 14.4. The van der Waals surface area contributed by atoms with Gasteiger partial charge in [0, 0.05) is 17.3 Å². The molecule has 0 aliphatic carbocycles. The number of rotatable bonds is 6. The van der Waals surface area contributed by atoms with E-state index in [0.717, 1.165) is 18.4 Å². The van der Waals surface area contributed by atoms with Crippen molar-refractivity contribution in [3.8, 4) is 0 Å². The molecule has 4 aromatic rings. The van der Waals surface area contributed by atoms with E-state index in [1.165, 1.54) is 23.1 Å². The van der Waals surface area contributed by atoms with Gasteiger partial charge in [-0.2, -0.15) is 0 Å². The number of nitrogens with zero attached hydrogens (tertiary/aromatic N) is 4. The van der Waals surface area contributed by atoms with Crippen LogP contribution >= 0.6 is 34.7 Å². The number of aromatic nitrogens is 4. The van der Waals surface area contributed by atoms with Crippen LogP contribution in [0.25, 0.3) is 16.0 Å². The Balaban J connectivity index is 1.43. The molecule has 0 radical (unpaired) electrons. The molecule has 5 rings (SSSR count). The Morgan fingerprint density at radius 3 is 2.90 bits per heavy atom. The highest BCUT2D eigenvalue weighted by molar-refractivity contribution is 7.99. The number of nitrogens with one attached hydrogen (secondary N) is 1. The number of hydrogen-bond donors (Lipinski definition) is 1. The van der Waals surface area contributed by atoms with E-state index in [9.17, 15) is 9.59 Å². The Morgan fingerprint density at radius 2 is 2.13 bits per heavy atom. The number of carbonyl (C=O) groups excluding carboxylic acids is 1. The molecule has 0 saturated carbocycles. The van der Waals surface area contributed by atoms with Crippen molar-refractivity contribution in [3.63, 3.8) is 0 Å². The van der Waals surface area contributed by atoms with Crippen LogP contribution in [0.4, 0.5) is 5.69 Å². The first-order chi connectivity index (χ1) is 15.1. The number of thioether (sulfide) groups is 1. The summed E-state index contributed by atoms with van der Waals surface area (Å²) in [5.41, 5.74) is 1.34. The molecule has 1 aromatic carbocycles. The van der Waals surface area contributed by atoms with Gasteiger partial charge < -0.3 is 10.1 Å². The molecule has 1 atom stereocenters. The predicted molar refractivity (Wildman–Crippen MR) is 122 cm³/mol. The molecular formula is C20H18ClN5O3S2. The van der Waals surface area contributed by atoms with Gasteiger partial charge in [-0.3, -0.25) is 18.6 Å². The number of carbonyl (C=O) groups is 1. The van der Waals surface area contributed by atoms with Gasteiger partial charge >= 0.3 is 0 Å². The monoisotopic (exact) mass is 475 g/mol. The third-order valence-corrected chi connectivity index (χ3v) is 7.13. The third kappa shape index (κ3) is 4.08. The van der Waals surface area contributed by atoms with Crippen LogP contribution in [0.5, 0.6) is 0 Å². The van der Waals surface area contributed by atoms with E-state index in [1.54, 1.807) is 28.8 Å². The smallest absolute Gasteiger partial charge is 0.272 e. The molecule has 1 aliphatic rings. The number of hydrogen-bond acceptors (Lipinski definition) is 7. The lowest BCUT2D eigenvalue weighted by molar-refractivity contribution is -0.113. The van der Waals surface area contributed by atoms with Crippen LogP contribution in [0.2, 0.25) is 5.02 Å². The Bertz CT molecular complexity index is 1310. The molecule has 4 heterocycles. The first-order valence-electron chi connectivity index (χ1n) is 9.75. The van der Waals surface area contributed by atoms with E-state index in [1.807, 2.05) is 15.8 Å². The molecule has 160 valence electrons. The fourth-order valence-electron chi connectivity index (χ4n) is 3.61. The van der Waals surface area contributed by atoms with Crippen LogP contribution in [0.15, 0.2) is 45.7 Å². The molecule has 31 heavy (non-hydrogen) atoms. The fraction of sp³-hybridized carbons (Fsp3) is 0.300. The standard InChI is InChI=1S/C20H18ClN5O3S2/c21-12-3-5-13(6-4-12)22-16(27)11-31-20-24-23-19-25(10-14-2-1-8-29-14)18(28)17-15(26(19)20)7-9-30-17/h3-7,9,14H,1-2,8,10-11H2,(H,22,27). The molecule has 11 heteroatoms. The van der Waals surface area contributed by atoms with Gasteiger partial charge in [-0.1, -0.05) is 23.4 Å². The maximum atomic E-state index is 13.1. The summed E-state index contributed by atoms with van der Waals surface area (Å²) < 4.78 is 9.85. The molecule has 1 fully saturated rings. The molecule has 1 amide bonds. The number of amides is 1. The average molecular weight is 476 g/mol. The zero-order valence-corrected chi connectivity index (χ0v) is 18.7. The Labute approximate surface area is 190 Å². The maximum absolute atomic E-state index is 13.1. The normalized spacial score (nSPS) is 16.4. The molecule has 1 aliphatic heterocycles. The minimum Gasteiger partial charge on any atom is -0.376 e. The first-order valence-corrected chi connectivity index (χ1v) is 12.0. The van der Waals surface area contributed by atoms with Crippen LogP contribution in [-0.2, 0) is 16.1 Å². The van der Waals surface area contributed by atoms with Crippen molar-refractivity contribution in [2.24, 2.45) is 0 Å². The summed E-state index contributed by atoms with van der Waals surface area (Å²) in [4.78, 5) is 25.5. The highest BCUT2D eigenvalue weighted by Gasteiger charge is 2.22. The second-order valence-corrected chi connectivity index (χ2v) is 9.44. The highest BCUT2D eigenvalue weighted by Crippen LogP contribution is 2.25. The summed E-state index contributed by atoms with van der Waals surface area (Å²) in [6.07, 6.45) is 1.91.